The van der Waals surface area contributed by atoms with E-state index in [4.69, 9.17) is 21.6 Å². The van der Waals surface area contributed by atoms with Crippen LogP contribution in [0.1, 0.15) is 31.2 Å². The summed E-state index contributed by atoms with van der Waals surface area (Å²) in [7, 11) is 1.42. The van der Waals surface area contributed by atoms with Crippen LogP contribution in [0.15, 0.2) is 12.3 Å². The van der Waals surface area contributed by atoms with Crippen molar-refractivity contribution in [3.8, 4) is 6.07 Å². The molecule has 2 rings (SSSR count). The summed E-state index contributed by atoms with van der Waals surface area (Å²) in [6.07, 6.45) is 4.86. The largest absolute Gasteiger partial charge is 0.469 e. The van der Waals surface area contributed by atoms with E-state index in [-0.39, 0.29) is 17.9 Å². The third kappa shape index (κ3) is 3.20. The lowest BCUT2D eigenvalue weighted by Crippen LogP contribution is -2.30. The van der Waals surface area contributed by atoms with Gasteiger partial charge < -0.3 is 10.1 Å². The molecule has 1 heterocycles. The van der Waals surface area contributed by atoms with Crippen molar-refractivity contribution in [1.82, 2.24) is 4.98 Å². The van der Waals surface area contributed by atoms with Gasteiger partial charge in [0.1, 0.15) is 16.9 Å². The van der Waals surface area contributed by atoms with Crippen molar-refractivity contribution in [3.05, 3.63) is 22.8 Å². The van der Waals surface area contributed by atoms with Crippen LogP contribution in [0.5, 0.6) is 0 Å². The molecule has 0 aliphatic heterocycles. The van der Waals surface area contributed by atoms with E-state index >= 15 is 0 Å². The first-order chi connectivity index (χ1) is 9.65. The van der Waals surface area contributed by atoms with E-state index < -0.39 is 0 Å². The number of esters is 1. The average Bonchev–Trinajstić information content (AvgIpc) is 2.49. The molecule has 0 radical (unpaired) electrons. The summed E-state index contributed by atoms with van der Waals surface area (Å²) in [4.78, 5) is 15.6. The highest BCUT2D eigenvalue weighted by Gasteiger charge is 2.27. The molecular formula is C14H16ClN3O2. The third-order valence-electron chi connectivity index (χ3n) is 3.61. The van der Waals surface area contributed by atoms with Gasteiger partial charge in [0.25, 0.3) is 0 Å². The molecule has 1 N–H and O–H groups in total. The van der Waals surface area contributed by atoms with Gasteiger partial charge in [-0.1, -0.05) is 11.6 Å². The monoisotopic (exact) mass is 293 g/mol. The van der Waals surface area contributed by atoms with Gasteiger partial charge in [-0.25, -0.2) is 4.98 Å². The lowest BCUT2D eigenvalue weighted by molar-refractivity contribution is -0.146. The maximum absolute atomic E-state index is 11.5. The van der Waals surface area contributed by atoms with E-state index in [1.165, 1.54) is 7.11 Å². The predicted octanol–water partition coefficient (Wildman–Crippen LogP) is 2.75. The molecule has 20 heavy (non-hydrogen) atoms. The van der Waals surface area contributed by atoms with Crippen LogP contribution in [-0.4, -0.2) is 24.1 Å². The highest BCUT2D eigenvalue weighted by atomic mass is 35.5. The molecule has 0 amide bonds. The number of nitrogens with zero attached hydrogens (tertiary/aromatic N) is 2. The molecule has 0 bridgehead atoms. The molecule has 1 fully saturated rings. The molecule has 106 valence electrons. The van der Waals surface area contributed by atoms with Crippen molar-refractivity contribution in [2.24, 2.45) is 5.92 Å². The van der Waals surface area contributed by atoms with Crippen LogP contribution in [0.25, 0.3) is 0 Å². The number of ether oxygens (including phenoxy) is 1. The van der Waals surface area contributed by atoms with Crippen LogP contribution < -0.4 is 5.32 Å². The average molecular weight is 294 g/mol. The van der Waals surface area contributed by atoms with Gasteiger partial charge in [0.2, 0.25) is 0 Å². The summed E-state index contributed by atoms with van der Waals surface area (Å²) in [6.45, 7) is 0. The number of nitriles is 1. The van der Waals surface area contributed by atoms with Crippen LogP contribution in [0.3, 0.4) is 0 Å². The Kier molecular flexibility index (Phi) is 4.80. The highest BCUT2D eigenvalue weighted by molar-refractivity contribution is 6.34. The first-order valence-corrected chi connectivity index (χ1v) is 6.92. The minimum atomic E-state index is -0.133. The topological polar surface area (TPSA) is 75.0 Å². The summed E-state index contributed by atoms with van der Waals surface area (Å²) in [5, 5.41) is 12.5. The maximum atomic E-state index is 11.5. The Morgan fingerprint density at radius 1 is 1.50 bits per heavy atom. The molecule has 0 saturated heterocycles. The Bertz CT molecular complexity index is 534. The molecule has 1 saturated carbocycles. The van der Waals surface area contributed by atoms with Gasteiger partial charge in [-0.15, -0.1) is 0 Å². The van der Waals surface area contributed by atoms with Crippen molar-refractivity contribution >= 4 is 23.4 Å². The zero-order valence-electron chi connectivity index (χ0n) is 11.2. The second-order valence-electron chi connectivity index (χ2n) is 4.85. The Balaban J connectivity index is 1.97. The summed E-state index contributed by atoms with van der Waals surface area (Å²) in [5.41, 5.74) is 0.410. The third-order valence-corrected chi connectivity index (χ3v) is 3.99. The number of rotatable bonds is 3. The molecular weight excluding hydrogens is 278 g/mol. The highest BCUT2D eigenvalue weighted by Crippen LogP contribution is 2.29. The van der Waals surface area contributed by atoms with E-state index in [2.05, 4.69) is 10.3 Å². The van der Waals surface area contributed by atoms with Gasteiger partial charge in [-0.05, 0) is 31.7 Å². The van der Waals surface area contributed by atoms with E-state index in [0.29, 0.717) is 16.4 Å². The quantitative estimate of drug-likeness (QED) is 0.867. The number of anilines is 1. The zero-order chi connectivity index (χ0) is 14.5. The number of aromatic nitrogens is 1. The molecule has 1 aliphatic rings. The lowest BCUT2D eigenvalue weighted by Gasteiger charge is -2.28. The number of carbonyl (C=O) groups excluding carboxylic acids is 1. The van der Waals surface area contributed by atoms with E-state index in [0.717, 1.165) is 25.7 Å². The predicted molar refractivity (Wildman–Crippen MR) is 75.3 cm³/mol. The molecule has 0 unspecified atom stereocenters. The SMILES string of the molecule is COC(=O)C1CCC(Nc2nccc(C#N)c2Cl)CC1. The summed E-state index contributed by atoms with van der Waals surface area (Å²) < 4.78 is 4.76. The first kappa shape index (κ1) is 14.6. The molecule has 1 aromatic heterocycles. The number of nitrogens with one attached hydrogen (secondary N) is 1. The number of halogens is 1. The van der Waals surface area contributed by atoms with Gasteiger partial charge >= 0.3 is 5.97 Å². The van der Waals surface area contributed by atoms with Crippen molar-refractivity contribution in [2.75, 3.05) is 12.4 Å². The van der Waals surface area contributed by atoms with Gasteiger partial charge in [0.05, 0.1) is 18.6 Å². The van der Waals surface area contributed by atoms with Crippen molar-refractivity contribution in [3.63, 3.8) is 0 Å². The van der Waals surface area contributed by atoms with E-state index in [1.807, 2.05) is 6.07 Å². The summed E-state index contributed by atoms with van der Waals surface area (Å²) >= 11 is 6.11. The van der Waals surface area contributed by atoms with Gasteiger partial charge in [0, 0.05) is 12.2 Å². The van der Waals surface area contributed by atoms with Crippen molar-refractivity contribution in [1.29, 1.82) is 5.26 Å². The molecule has 1 aliphatic carbocycles. The fourth-order valence-electron chi connectivity index (χ4n) is 2.46. The second kappa shape index (κ2) is 6.58. The first-order valence-electron chi connectivity index (χ1n) is 6.54. The Morgan fingerprint density at radius 3 is 2.80 bits per heavy atom. The molecule has 0 spiro atoms. The molecule has 6 heteroatoms. The molecule has 1 aromatic rings. The normalized spacial score (nSPS) is 21.9. The Labute approximate surface area is 122 Å². The minimum absolute atomic E-state index is 0.00748. The fourth-order valence-corrected chi connectivity index (χ4v) is 2.67. The number of pyridine rings is 1. The zero-order valence-corrected chi connectivity index (χ0v) is 12.0. The number of methoxy groups -OCH3 is 1. The van der Waals surface area contributed by atoms with Crippen LogP contribution >= 0.6 is 11.6 Å². The van der Waals surface area contributed by atoms with Crippen LogP contribution in [0.4, 0.5) is 5.82 Å². The van der Waals surface area contributed by atoms with E-state index in [9.17, 15) is 4.79 Å². The van der Waals surface area contributed by atoms with Crippen LogP contribution in [0.2, 0.25) is 5.02 Å². The molecule has 0 atom stereocenters. The van der Waals surface area contributed by atoms with E-state index in [1.54, 1.807) is 12.3 Å². The number of carbonyl (C=O) groups is 1. The number of hydrogen-bond acceptors (Lipinski definition) is 5. The summed E-state index contributed by atoms with van der Waals surface area (Å²) in [5.74, 6) is 0.394. The van der Waals surface area contributed by atoms with Gasteiger partial charge in [-0.2, -0.15) is 5.26 Å². The van der Waals surface area contributed by atoms with Gasteiger partial charge in [-0.3, -0.25) is 4.79 Å². The maximum Gasteiger partial charge on any atom is 0.308 e. The van der Waals surface area contributed by atoms with Crippen molar-refractivity contribution in [2.45, 2.75) is 31.7 Å². The van der Waals surface area contributed by atoms with Crippen LogP contribution in [-0.2, 0) is 9.53 Å². The lowest BCUT2D eigenvalue weighted by atomic mass is 9.86. The van der Waals surface area contributed by atoms with Crippen LogP contribution in [0, 0.1) is 17.2 Å². The minimum Gasteiger partial charge on any atom is -0.469 e. The Hall–Kier alpha value is -1.80. The fraction of sp³-hybridized carbons (Fsp3) is 0.500. The standard InChI is InChI=1S/C14H16ClN3O2/c1-20-14(19)9-2-4-11(5-3-9)18-13-12(15)10(8-16)6-7-17-13/h6-7,9,11H,2-5H2,1H3,(H,17,18). The smallest absolute Gasteiger partial charge is 0.308 e. The van der Waals surface area contributed by atoms with Gasteiger partial charge in [0.15, 0.2) is 0 Å². The number of hydrogen-bond donors (Lipinski definition) is 1. The van der Waals surface area contributed by atoms with Crippen molar-refractivity contribution < 1.29 is 9.53 Å². The Morgan fingerprint density at radius 2 is 2.20 bits per heavy atom. The second-order valence-corrected chi connectivity index (χ2v) is 5.23. The molecule has 0 aromatic carbocycles. The summed E-state index contributed by atoms with van der Waals surface area (Å²) in [6, 6.07) is 3.83. The molecule has 5 nitrogen and oxygen atoms in total.